The first-order valence-electron chi connectivity index (χ1n) is 10.9. The van der Waals surface area contributed by atoms with Gasteiger partial charge < -0.3 is 25.2 Å². The quantitative estimate of drug-likeness (QED) is 0.459. The fraction of sp³-hybridized carbons (Fsp3) is 0.360. The van der Waals surface area contributed by atoms with E-state index < -0.39 is 11.4 Å². The Bertz CT molecular complexity index is 1200. The molecular weight excluding hydrogens is 438 g/mol. The zero-order chi connectivity index (χ0) is 25.4. The van der Waals surface area contributed by atoms with Crippen LogP contribution in [0.25, 0.3) is 0 Å². The molecule has 1 heterocycles. The van der Waals surface area contributed by atoms with E-state index in [9.17, 15) is 24.6 Å². The number of hydrogen-bond acceptors (Lipinski definition) is 6. The second-order valence-electron chi connectivity index (χ2n) is 9.12. The third-order valence-corrected chi connectivity index (χ3v) is 5.71. The lowest BCUT2D eigenvalue weighted by Crippen LogP contribution is -2.30. The number of Topliss-reactive ketones (excluding diaryl/α,β-unsaturated/α-hetero) is 1. The van der Waals surface area contributed by atoms with Crippen molar-refractivity contribution in [1.82, 2.24) is 10.2 Å². The van der Waals surface area contributed by atoms with Crippen molar-refractivity contribution >= 4 is 23.5 Å². The first-order chi connectivity index (χ1) is 15.9. The molecule has 2 aromatic carbocycles. The van der Waals surface area contributed by atoms with Crippen molar-refractivity contribution in [3.05, 3.63) is 57.6 Å². The number of benzene rings is 2. The molecule has 0 radical (unpaired) electrons. The lowest BCUT2D eigenvalue weighted by molar-refractivity contribution is 0.0693. The highest BCUT2D eigenvalue weighted by atomic mass is 16.5. The summed E-state index contributed by atoms with van der Waals surface area (Å²) in [6, 6.07) is 5.97. The number of phenols is 1. The maximum Gasteiger partial charge on any atom is 0.339 e. The number of carboxylic acids is 1. The van der Waals surface area contributed by atoms with E-state index in [0.29, 0.717) is 29.0 Å². The van der Waals surface area contributed by atoms with Gasteiger partial charge in [0.05, 0.1) is 18.7 Å². The number of carbonyl (C=O) groups excluding carboxylic acids is 2. The molecule has 0 bridgehead atoms. The predicted molar refractivity (Wildman–Crippen MR) is 126 cm³/mol. The molecule has 4 N–H and O–H groups in total. The molecule has 0 saturated carbocycles. The number of aromatic hydroxyl groups is 1. The van der Waals surface area contributed by atoms with Crippen molar-refractivity contribution in [2.24, 2.45) is 0 Å². The Hall–Kier alpha value is -3.88. The van der Waals surface area contributed by atoms with Crippen molar-refractivity contribution < 1.29 is 29.3 Å². The number of aromatic carboxylic acids is 1. The molecule has 0 aromatic heterocycles. The maximum absolute atomic E-state index is 13.2. The Balaban J connectivity index is 1.94. The molecule has 0 aliphatic carbocycles. The lowest BCUT2D eigenvalue weighted by Gasteiger charge is -2.23. The number of amidine groups is 1. The average molecular weight is 468 g/mol. The van der Waals surface area contributed by atoms with Crippen LogP contribution in [-0.4, -0.2) is 58.8 Å². The fourth-order valence-corrected chi connectivity index (χ4v) is 3.95. The van der Waals surface area contributed by atoms with Crippen molar-refractivity contribution in [3.8, 4) is 11.5 Å². The van der Waals surface area contributed by atoms with Crippen LogP contribution in [0.3, 0.4) is 0 Å². The van der Waals surface area contributed by atoms with Crippen molar-refractivity contribution in [1.29, 1.82) is 5.41 Å². The van der Waals surface area contributed by atoms with Crippen LogP contribution in [0, 0.1) is 5.41 Å². The monoisotopic (exact) mass is 467 g/mol. The molecule has 0 atom stereocenters. The minimum Gasteiger partial charge on any atom is -0.507 e. The third kappa shape index (κ3) is 4.59. The standard InChI is InChI=1S/C25H29N3O6/c1-6-34-20-9-14-11-28(22(26)15(14)10-16(20)23(31)27-5)12-19(29)13-7-17(24(32)33)21(30)18(8-13)25(2,3)4/h7-10,26,30H,6,11-12H2,1-5H3,(H,27,31)(H,32,33). The van der Waals surface area contributed by atoms with Crippen LogP contribution in [0.15, 0.2) is 24.3 Å². The molecular formula is C25H29N3O6. The van der Waals surface area contributed by atoms with Gasteiger partial charge in [-0.15, -0.1) is 0 Å². The summed E-state index contributed by atoms with van der Waals surface area (Å²) in [7, 11) is 1.51. The number of nitrogens with one attached hydrogen (secondary N) is 2. The van der Waals surface area contributed by atoms with E-state index in [-0.39, 0.29) is 47.5 Å². The molecule has 180 valence electrons. The molecule has 2 aromatic rings. The van der Waals surface area contributed by atoms with Gasteiger partial charge in [-0.3, -0.25) is 15.0 Å². The molecule has 0 fully saturated rings. The molecule has 0 unspecified atom stereocenters. The van der Waals surface area contributed by atoms with Crippen molar-refractivity contribution in [2.45, 2.75) is 39.7 Å². The van der Waals surface area contributed by atoms with Gasteiger partial charge in [-0.25, -0.2) is 4.79 Å². The van der Waals surface area contributed by atoms with Gasteiger partial charge in [0.15, 0.2) is 5.78 Å². The lowest BCUT2D eigenvalue weighted by atomic mass is 9.83. The van der Waals surface area contributed by atoms with Crippen LogP contribution in [0.1, 0.15) is 75.5 Å². The van der Waals surface area contributed by atoms with Gasteiger partial charge in [0.1, 0.15) is 22.9 Å². The zero-order valence-corrected chi connectivity index (χ0v) is 19.9. The molecule has 1 aliphatic rings. The average Bonchev–Trinajstić information content (AvgIpc) is 3.06. The van der Waals surface area contributed by atoms with E-state index in [0.717, 1.165) is 5.56 Å². The van der Waals surface area contributed by atoms with Crippen molar-refractivity contribution in [3.63, 3.8) is 0 Å². The predicted octanol–water partition coefficient (Wildman–Crippen LogP) is 3.17. The Morgan fingerprint density at radius 3 is 2.38 bits per heavy atom. The van der Waals surface area contributed by atoms with E-state index in [1.165, 1.54) is 19.2 Å². The minimum atomic E-state index is -1.33. The molecule has 0 spiro atoms. The van der Waals surface area contributed by atoms with Gasteiger partial charge in [0.2, 0.25) is 0 Å². The second kappa shape index (κ2) is 9.17. The molecule has 1 amide bonds. The van der Waals surface area contributed by atoms with E-state index in [1.54, 1.807) is 17.0 Å². The summed E-state index contributed by atoms with van der Waals surface area (Å²) in [5.41, 5.74) is 1.15. The van der Waals surface area contributed by atoms with E-state index in [4.69, 9.17) is 10.1 Å². The number of fused-ring (bicyclic) bond motifs is 1. The van der Waals surface area contributed by atoms with E-state index in [1.807, 2.05) is 27.7 Å². The Kier molecular flexibility index (Phi) is 6.67. The second-order valence-corrected chi connectivity index (χ2v) is 9.12. The number of ketones is 1. The van der Waals surface area contributed by atoms with Gasteiger partial charge in [-0.05, 0) is 42.2 Å². The minimum absolute atomic E-state index is 0.0878. The SMILES string of the molecule is CCOc1cc2c(cc1C(=O)NC)C(=N)N(CC(=O)c1cc(C(=O)O)c(O)c(C(C)(C)C)c1)C2. The third-order valence-electron chi connectivity index (χ3n) is 5.71. The van der Waals surface area contributed by atoms with Crippen molar-refractivity contribution in [2.75, 3.05) is 20.2 Å². The Morgan fingerprint density at radius 1 is 1.15 bits per heavy atom. The highest BCUT2D eigenvalue weighted by Crippen LogP contribution is 2.35. The zero-order valence-electron chi connectivity index (χ0n) is 19.9. The van der Waals surface area contributed by atoms with Crippen LogP contribution in [-0.2, 0) is 12.0 Å². The summed E-state index contributed by atoms with van der Waals surface area (Å²) < 4.78 is 5.60. The molecule has 9 nitrogen and oxygen atoms in total. The van der Waals surface area contributed by atoms with Crippen LogP contribution < -0.4 is 10.1 Å². The largest absolute Gasteiger partial charge is 0.507 e. The van der Waals surface area contributed by atoms with Gasteiger partial charge >= 0.3 is 5.97 Å². The maximum atomic E-state index is 13.2. The van der Waals surface area contributed by atoms with E-state index >= 15 is 0 Å². The van der Waals surface area contributed by atoms with Crippen LogP contribution in [0.5, 0.6) is 11.5 Å². The summed E-state index contributed by atoms with van der Waals surface area (Å²) >= 11 is 0. The Morgan fingerprint density at radius 2 is 1.82 bits per heavy atom. The molecule has 0 saturated heterocycles. The first-order valence-corrected chi connectivity index (χ1v) is 10.9. The highest BCUT2D eigenvalue weighted by Gasteiger charge is 2.31. The summed E-state index contributed by atoms with van der Waals surface area (Å²) in [6.45, 7) is 7.72. The summed E-state index contributed by atoms with van der Waals surface area (Å²) in [5, 5.41) is 31.1. The van der Waals surface area contributed by atoms with Gasteiger partial charge in [-0.1, -0.05) is 20.8 Å². The van der Waals surface area contributed by atoms with Crippen LogP contribution >= 0.6 is 0 Å². The van der Waals surface area contributed by atoms with Gasteiger partial charge in [0, 0.05) is 30.3 Å². The van der Waals surface area contributed by atoms with Gasteiger partial charge in [-0.2, -0.15) is 0 Å². The number of hydrogen-bond donors (Lipinski definition) is 4. The molecule has 34 heavy (non-hydrogen) atoms. The van der Waals surface area contributed by atoms with E-state index in [2.05, 4.69) is 5.32 Å². The first kappa shape index (κ1) is 24.8. The topological polar surface area (TPSA) is 140 Å². The number of rotatable bonds is 7. The summed E-state index contributed by atoms with van der Waals surface area (Å²) in [5.74, 6) is -1.92. The Labute approximate surface area is 197 Å². The summed E-state index contributed by atoms with van der Waals surface area (Å²) in [6.07, 6.45) is 0. The number of carboxylic acid groups (broad SMARTS) is 1. The molecule has 9 heteroatoms. The number of amides is 1. The number of carbonyl (C=O) groups is 3. The van der Waals surface area contributed by atoms with Gasteiger partial charge in [0.25, 0.3) is 5.91 Å². The molecule has 1 aliphatic heterocycles. The van der Waals surface area contributed by atoms with Crippen LogP contribution in [0.2, 0.25) is 0 Å². The van der Waals surface area contributed by atoms with Crippen LogP contribution in [0.4, 0.5) is 0 Å². The highest BCUT2D eigenvalue weighted by molar-refractivity contribution is 6.08. The fourth-order valence-electron chi connectivity index (χ4n) is 3.95. The smallest absolute Gasteiger partial charge is 0.339 e. The number of nitrogens with zero attached hydrogens (tertiary/aromatic N) is 1. The molecule has 3 rings (SSSR count). The summed E-state index contributed by atoms with van der Waals surface area (Å²) in [4.78, 5) is 38.7. The normalized spacial score (nSPS) is 13.0. The number of ether oxygens (including phenoxy) is 1.